The van der Waals surface area contributed by atoms with Crippen LogP contribution in [0.15, 0.2) is 40.8 Å². The SMILES string of the molecule is CCc1oc2cc(NC(C)=O)ccc2c1C(=O)c1ccc(OCC(=O)O)c(C)c1. The monoisotopic (exact) mass is 395 g/mol. The Morgan fingerprint density at radius 3 is 2.52 bits per heavy atom. The lowest BCUT2D eigenvalue weighted by molar-refractivity contribution is -0.139. The third-order valence-corrected chi connectivity index (χ3v) is 4.42. The van der Waals surface area contributed by atoms with Gasteiger partial charge in [-0.1, -0.05) is 6.92 Å². The number of rotatable bonds is 7. The Hall–Kier alpha value is -3.61. The van der Waals surface area contributed by atoms with Crippen LogP contribution in [0.5, 0.6) is 5.75 Å². The van der Waals surface area contributed by atoms with Crippen LogP contribution < -0.4 is 10.1 Å². The first-order valence-corrected chi connectivity index (χ1v) is 9.13. The van der Waals surface area contributed by atoms with Crippen molar-refractivity contribution in [2.24, 2.45) is 0 Å². The highest BCUT2D eigenvalue weighted by atomic mass is 16.5. The summed E-state index contributed by atoms with van der Waals surface area (Å²) >= 11 is 0. The normalized spacial score (nSPS) is 10.7. The number of ether oxygens (including phenoxy) is 1. The maximum atomic E-state index is 13.2. The van der Waals surface area contributed by atoms with Crippen LogP contribution in [0.2, 0.25) is 0 Å². The summed E-state index contributed by atoms with van der Waals surface area (Å²) in [4.78, 5) is 35.2. The molecular weight excluding hydrogens is 374 g/mol. The Bertz CT molecular complexity index is 1110. The summed E-state index contributed by atoms with van der Waals surface area (Å²) in [7, 11) is 0. The third-order valence-electron chi connectivity index (χ3n) is 4.42. The number of aliphatic carboxylic acids is 1. The summed E-state index contributed by atoms with van der Waals surface area (Å²) in [6.45, 7) is 4.63. The van der Waals surface area contributed by atoms with Crippen molar-refractivity contribution < 1.29 is 28.6 Å². The molecule has 0 atom stereocenters. The standard InChI is InChI=1S/C22H21NO6/c1-4-17-21(16-7-6-15(23-13(3)24)10-19(16)29-17)22(27)14-5-8-18(12(2)9-14)28-11-20(25)26/h5-10H,4,11H2,1-3H3,(H,23,24)(H,25,26). The van der Waals surface area contributed by atoms with Crippen molar-refractivity contribution in [1.29, 1.82) is 0 Å². The number of anilines is 1. The maximum absolute atomic E-state index is 13.2. The number of carboxylic acids is 1. The minimum Gasteiger partial charge on any atom is -0.482 e. The van der Waals surface area contributed by atoms with E-state index < -0.39 is 12.6 Å². The summed E-state index contributed by atoms with van der Waals surface area (Å²) in [5.74, 6) is -0.476. The Kier molecular flexibility index (Phi) is 5.68. The van der Waals surface area contributed by atoms with Gasteiger partial charge in [-0.15, -0.1) is 0 Å². The molecule has 0 saturated carbocycles. The molecule has 3 aromatic rings. The van der Waals surface area contributed by atoms with Crippen molar-refractivity contribution in [2.45, 2.75) is 27.2 Å². The summed E-state index contributed by atoms with van der Waals surface area (Å²) < 4.78 is 11.1. The second kappa shape index (κ2) is 8.18. The van der Waals surface area contributed by atoms with E-state index >= 15 is 0 Å². The van der Waals surface area contributed by atoms with Gasteiger partial charge in [-0.3, -0.25) is 9.59 Å². The molecule has 0 unspecified atom stereocenters. The van der Waals surface area contributed by atoms with E-state index in [1.165, 1.54) is 6.92 Å². The van der Waals surface area contributed by atoms with E-state index in [0.717, 1.165) is 0 Å². The number of aryl methyl sites for hydroxylation is 2. The number of nitrogens with one attached hydrogen (secondary N) is 1. The molecule has 150 valence electrons. The zero-order valence-electron chi connectivity index (χ0n) is 16.4. The number of benzene rings is 2. The Labute approximate surface area is 167 Å². The highest BCUT2D eigenvalue weighted by Gasteiger charge is 2.22. The third kappa shape index (κ3) is 4.29. The lowest BCUT2D eigenvalue weighted by Crippen LogP contribution is -2.10. The van der Waals surface area contributed by atoms with Crippen LogP contribution in [0.3, 0.4) is 0 Å². The number of hydrogen-bond acceptors (Lipinski definition) is 5. The fraction of sp³-hybridized carbons (Fsp3) is 0.227. The van der Waals surface area contributed by atoms with E-state index in [4.69, 9.17) is 14.3 Å². The van der Waals surface area contributed by atoms with Crippen molar-refractivity contribution in [3.8, 4) is 5.75 Å². The fourth-order valence-corrected chi connectivity index (χ4v) is 3.16. The number of carbonyl (C=O) groups is 3. The first kappa shape index (κ1) is 20.1. The molecule has 29 heavy (non-hydrogen) atoms. The number of ketones is 1. The van der Waals surface area contributed by atoms with Gasteiger partial charge in [0.1, 0.15) is 17.1 Å². The zero-order valence-corrected chi connectivity index (χ0v) is 16.4. The van der Waals surface area contributed by atoms with Gasteiger partial charge in [-0.2, -0.15) is 0 Å². The van der Waals surface area contributed by atoms with Crippen LogP contribution >= 0.6 is 0 Å². The fourth-order valence-electron chi connectivity index (χ4n) is 3.16. The van der Waals surface area contributed by atoms with E-state index in [1.807, 2.05) is 6.92 Å². The first-order chi connectivity index (χ1) is 13.8. The number of hydrogen-bond donors (Lipinski definition) is 2. The zero-order chi connectivity index (χ0) is 21.1. The predicted octanol–water partition coefficient (Wildman–Crippen LogP) is 3.96. The highest BCUT2D eigenvalue weighted by molar-refractivity contribution is 6.17. The van der Waals surface area contributed by atoms with Gasteiger partial charge in [-0.05, 0) is 42.8 Å². The topological polar surface area (TPSA) is 106 Å². The predicted molar refractivity (Wildman–Crippen MR) is 108 cm³/mol. The number of amides is 1. The molecule has 7 heteroatoms. The highest BCUT2D eigenvalue weighted by Crippen LogP contribution is 2.31. The van der Waals surface area contributed by atoms with E-state index in [2.05, 4.69) is 5.32 Å². The Morgan fingerprint density at radius 2 is 1.90 bits per heavy atom. The van der Waals surface area contributed by atoms with Gasteiger partial charge in [0, 0.05) is 36.0 Å². The van der Waals surface area contributed by atoms with Gasteiger partial charge < -0.3 is 19.6 Å². The second-order valence-electron chi connectivity index (χ2n) is 6.64. The summed E-state index contributed by atoms with van der Waals surface area (Å²) in [5, 5.41) is 12.1. The largest absolute Gasteiger partial charge is 0.482 e. The van der Waals surface area contributed by atoms with Gasteiger partial charge >= 0.3 is 5.97 Å². The molecule has 0 aliphatic rings. The summed E-state index contributed by atoms with van der Waals surface area (Å²) in [6, 6.07) is 10.0. The summed E-state index contributed by atoms with van der Waals surface area (Å²) in [5.41, 5.74) is 2.71. The smallest absolute Gasteiger partial charge is 0.341 e. The molecule has 2 aromatic carbocycles. The van der Waals surface area contributed by atoms with Crippen LogP contribution in [0, 0.1) is 6.92 Å². The summed E-state index contributed by atoms with van der Waals surface area (Å²) in [6.07, 6.45) is 0.532. The molecule has 0 radical (unpaired) electrons. The van der Waals surface area contributed by atoms with E-state index in [9.17, 15) is 14.4 Å². The number of carboxylic acid groups (broad SMARTS) is 1. The molecule has 0 fully saturated rings. The van der Waals surface area contributed by atoms with E-state index in [1.54, 1.807) is 43.3 Å². The van der Waals surface area contributed by atoms with Crippen molar-refractivity contribution >= 4 is 34.3 Å². The van der Waals surface area contributed by atoms with Crippen molar-refractivity contribution in [1.82, 2.24) is 0 Å². The first-order valence-electron chi connectivity index (χ1n) is 9.13. The molecule has 2 N–H and O–H groups in total. The van der Waals surface area contributed by atoms with Crippen LogP contribution in [0.1, 0.15) is 41.1 Å². The molecule has 0 aliphatic carbocycles. The maximum Gasteiger partial charge on any atom is 0.341 e. The molecule has 1 aromatic heterocycles. The van der Waals surface area contributed by atoms with E-state index in [0.29, 0.717) is 51.3 Å². The second-order valence-corrected chi connectivity index (χ2v) is 6.64. The average molecular weight is 395 g/mol. The molecule has 0 bridgehead atoms. The van der Waals surface area contributed by atoms with Crippen molar-refractivity contribution in [3.63, 3.8) is 0 Å². The van der Waals surface area contributed by atoms with Crippen LogP contribution in [0.25, 0.3) is 11.0 Å². The van der Waals surface area contributed by atoms with Crippen LogP contribution in [-0.4, -0.2) is 29.4 Å². The molecular formula is C22H21NO6. The number of furan rings is 1. The molecule has 1 heterocycles. The van der Waals surface area contributed by atoms with Crippen molar-refractivity contribution in [2.75, 3.05) is 11.9 Å². The number of fused-ring (bicyclic) bond motifs is 1. The van der Waals surface area contributed by atoms with Gasteiger partial charge in [0.05, 0.1) is 5.56 Å². The van der Waals surface area contributed by atoms with Crippen LogP contribution in [-0.2, 0) is 16.0 Å². The Morgan fingerprint density at radius 1 is 1.14 bits per heavy atom. The lowest BCUT2D eigenvalue weighted by atomic mass is 9.98. The minimum absolute atomic E-state index is 0.191. The van der Waals surface area contributed by atoms with Gasteiger partial charge in [0.25, 0.3) is 0 Å². The van der Waals surface area contributed by atoms with Gasteiger partial charge in [0.15, 0.2) is 12.4 Å². The molecule has 3 rings (SSSR count). The number of carbonyl (C=O) groups excluding carboxylic acids is 2. The molecule has 7 nitrogen and oxygen atoms in total. The molecule has 0 spiro atoms. The van der Waals surface area contributed by atoms with Crippen LogP contribution in [0.4, 0.5) is 5.69 Å². The van der Waals surface area contributed by atoms with Gasteiger partial charge in [-0.25, -0.2) is 4.79 Å². The van der Waals surface area contributed by atoms with Gasteiger partial charge in [0.2, 0.25) is 5.91 Å². The average Bonchev–Trinajstić information content (AvgIpc) is 3.03. The quantitative estimate of drug-likeness (QED) is 0.587. The van der Waals surface area contributed by atoms with Crippen molar-refractivity contribution in [3.05, 3.63) is 58.8 Å². The lowest BCUT2D eigenvalue weighted by Gasteiger charge is -2.09. The Balaban J connectivity index is 1.98. The molecule has 1 amide bonds. The molecule has 0 aliphatic heterocycles. The minimum atomic E-state index is -1.07. The molecule has 0 saturated heterocycles. The van der Waals surface area contributed by atoms with E-state index in [-0.39, 0.29) is 11.7 Å².